The van der Waals surface area contributed by atoms with E-state index in [1.54, 1.807) is 17.6 Å². The van der Waals surface area contributed by atoms with E-state index in [9.17, 15) is 23.1 Å². The number of aryl methyl sites for hydroxylation is 1. The maximum atomic E-state index is 15.5. The zero-order chi connectivity index (χ0) is 31.3. The minimum atomic E-state index is -4.65. The summed E-state index contributed by atoms with van der Waals surface area (Å²) >= 11 is 6.52. The van der Waals surface area contributed by atoms with Gasteiger partial charge >= 0.3 is 6.18 Å². The summed E-state index contributed by atoms with van der Waals surface area (Å²) in [5.41, 5.74) is 0.566. The van der Waals surface area contributed by atoms with Crippen LogP contribution in [-0.4, -0.2) is 61.3 Å². The Bertz CT molecular complexity index is 1910. The van der Waals surface area contributed by atoms with Crippen LogP contribution in [0.15, 0.2) is 54.7 Å². The van der Waals surface area contributed by atoms with Crippen molar-refractivity contribution in [2.75, 3.05) is 19.7 Å². The molecule has 44 heavy (non-hydrogen) atoms. The van der Waals surface area contributed by atoms with Gasteiger partial charge in [0, 0.05) is 41.3 Å². The van der Waals surface area contributed by atoms with E-state index in [-0.39, 0.29) is 47.3 Å². The summed E-state index contributed by atoms with van der Waals surface area (Å²) in [7, 11) is 0. The van der Waals surface area contributed by atoms with Crippen LogP contribution in [0.3, 0.4) is 0 Å². The number of nitrogens with zero attached hydrogens (tertiary/aromatic N) is 5. The number of hydrogen-bond donors (Lipinski definition) is 1. The number of aliphatic hydroxyl groups excluding tert-OH is 1. The number of imidazole rings is 1. The smallest absolute Gasteiger partial charge is 0.433 e. The number of hydrogen-bond acceptors (Lipinski definition) is 6. The lowest BCUT2D eigenvalue weighted by Gasteiger charge is -2.35. The van der Waals surface area contributed by atoms with Crippen molar-refractivity contribution in [1.82, 2.24) is 24.4 Å². The Morgan fingerprint density at radius 1 is 1.11 bits per heavy atom. The van der Waals surface area contributed by atoms with Gasteiger partial charge in [-0.05, 0) is 37.6 Å². The van der Waals surface area contributed by atoms with Gasteiger partial charge in [0.2, 0.25) is 11.8 Å². The lowest BCUT2D eigenvalue weighted by Crippen LogP contribution is -2.46. The van der Waals surface area contributed by atoms with E-state index in [0.717, 1.165) is 12.1 Å². The van der Waals surface area contributed by atoms with Gasteiger partial charge in [-0.2, -0.15) is 13.2 Å². The SMILES string of the molecule is Cc1nc2cnc3cc(F)c(-c4ccc(Oc5cccc(C(F)(F)F)n5)cc4Cl)cc3c2n1[C@H]1CCN(C(=O)CO)C[C@@H]1F. The highest BCUT2D eigenvalue weighted by Crippen LogP contribution is 2.39. The number of aliphatic hydroxyl groups is 1. The molecule has 2 atom stereocenters. The molecule has 6 rings (SSSR count). The molecule has 1 aliphatic rings. The zero-order valence-electron chi connectivity index (χ0n) is 22.9. The van der Waals surface area contributed by atoms with Gasteiger partial charge in [-0.3, -0.25) is 9.78 Å². The Kier molecular flexibility index (Phi) is 7.62. The van der Waals surface area contributed by atoms with Gasteiger partial charge in [-0.1, -0.05) is 17.7 Å². The van der Waals surface area contributed by atoms with Crippen LogP contribution in [0, 0.1) is 12.7 Å². The van der Waals surface area contributed by atoms with Crippen molar-refractivity contribution in [3.05, 3.63) is 77.1 Å². The number of carbonyl (C=O) groups is 1. The van der Waals surface area contributed by atoms with E-state index in [1.165, 1.54) is 41.4 Å². The quantitative estimate of drug-likeness (QED) is 0.218. The summed E-state index contributed by atoms with van der Waals surface area (Å²) in [6.07, 6.45) is -4.35. The molecule has 0 spiro atoms. The number of likely N-dealkylation sites (tertiary alicyclic amines) is 1. The molecule has 14 heteroatoms. The van der Waals surface area contributed by atoms with Crippen LogP contribution in [0.2, 0.25) is 5.02 Å². The molecule has 2 aromatic carbocycles. The number of aromatic nitrogens is 4. The van der Waals surface area contributed by atoms with Crippen LogP contribution in [0.1, 0.15) is 24.0 Å². The molecule has 1 fully saturated rings. The number of rotatable bonds is 5. The second-order valence-corrected chi connectivity index (χ2v) is 10.7. The first-order chi connectivity index (χ1) is 20.9. The van der Waals surface area contributed by atoms with Crippen LogP contribution < -0.4 is 4.74 Å². The van der Waals surface area contributed by atoms with E-state index < -0.39 is 42.4 Å². The number of carbonyl (C=O) groups excluding carboxylic acids is 1. The van der Waals surface area contributed by atoms with Gasteiger partial charge < -0.3 is 19.3 Å². The number of pyridine rings is 2. The summed E-state index contributed by atoms with van der Waals surface area (Å²) in [6, 6.07) is 9.59. The molecular formula is C30H23ClF5N5O3. The first-order valence-corrected chi connectivity index (χ1v) is 13.8. The highest BCUT2D eigenvalue weighted by Gasteiger charge is 2.35. The molecule has 0 bridgehead atoms. The predicted octanol–water partition coefficient (Wildman–Crippen LogP) is 6.66. The minimum Gasteiger partial charge on any atom is -0.439 e. The molecular weight excluding hydrogens is 609 g/mol. The molecule has 0 unspecified atom stereocenters. The van der Waals surface area contributed by atoms with Crippen molar-refractivity contribution in [3.63, 3.8) is 0 Å². The Balaban J connectivity index is 1.38. The molecule has 228 valence electrons. The molecule has 8 nitrogen and oxygen atoms in total. The lowest BCUT2D eigenvalue weighted by molar-refractivity contribution is -0.141. The Hall–Kier alpha value is -4.36. The predicted molar refractivity (Wildman–Crippen MR) is 152 cm³/mol. The standard InChI is InChI=1S/C30H23ClF5N5O3/c1-15-38-24-12-37-23-11-21(32)18(10-19(23)29(24)41(15)25-7-8-40(13-22(25)33)28(43)14-42)17-6-5-16(9-20(17)31)44-27-4-2-3-26(39-27)30(34,35)36/h2-6,9-12,22,25,42H,7-8,13-14H2,1H3/t22-,25-/m0/s1. The average molecular weight is 632 g/mol. The monoisotopic (exact) mass is 631 g/mol. The van der Waals surface area contributed by atoms with Gasteiger partial charge in [-0.25, -0.2) is 18.7 Å². The first-order valence-electron chi connectivity index (χ1n) is 13.5. The average Bonchev–Trinajstić information content (AvgIpc) is 3.32. The van der Waals surface area contributed by atoms with E-state index in [1.807, 2.05) is 0 Å². The maximum Gasteiger partial charge on any atom is 0.433 e. The maximum absolute atomic E-state index is 15.5. The van der Waals surface area contributed by atoms with Gasteiger partial charge in [0.25, 0.3) is 0 Å². The Labute approximate surface area is 251 Å². The topological polar surface area (TPSA) is 93.4 Å². The van der Waals surface area contributed by atoms with Crippen LogP contribution in [0.25, 0.3) is 33.1 Å². The number of amides is 1. The number of fused-ring (bicyclic) bond motifs is 3. The van der Waals surface area contributed by atoms with E-state index in [0.29, 0.717) is 27.8 Å². The largest absolute Gasteiger partial charge is 0.439 e. The van der Waals surface area contributed by atoms with Crippen molar-refractivity contribution in [2.24, 2.45) is 0 Å². The third kappa shape index (κ3) is 5.41. The van der Waals surface area contributed by atoms with Crippen molar-refractivity contribution in [1.29, 1.82) is 0 Å². The van der Waals surface area contributed by atoms with Crippen molar-refractivity contribution in [3.8, 4) is 22.8 Å². The second kappa shape index (κ2) is 11.3. The van der Waals surface area contributed by atoms with Crippen LogP contribution in [-0.2, 0) is 11.0 Å². The van der Waals surface area contributed by atoms with Gasteiger partial charge in [0.15, 0.2) is 0 Å². The Morgan fingerprint density at radius 2 is 1.91 bits per heavy atom. The molecule has 0 radical (unpaired) electrons. The fourth-order valence-electron chi connectivity index (χ4n) is 5.56. The third-order valence-corrected chi connectivity index (χ3v) is 7.89. The van der Waals surface area contributed by atoms with Gasteiger partial charge in [0.05, 0.1) is 34.8 Å². The molecule has 0 saturated carbocycles. The summed E-state index contributed by atoms with van der Waals surface area (Å²) in [5, 5.41) is 9.73. The first kappa shape index (κ1) is 29.7. The minimum absolute atomic E-state index is 0.0577. The number of piperidine rings is 1. The van der Waals surface area contributed by atoms with Gasteiger partial charge in [-0.15, -0.1) is 0 Å². The summed E-state index contributed by atoms with van der Waals surface area (Å²) in [4.78, 5) is 25.6. The normalized spacial score (nSPS) is 17.4. The number of halogens is 6. The summed E-state index contributed by atoms with van der Waals surface area (Å²) < 4.78 is 77.3. The van der Waals surface area contributed by atoms with Crippen molar-refractivity contribution in [2.45, 2.75) is 31.7 Å². The summed E-state index contributed by atoms with van der Waals surface area (Å²) in [6.45, 7) is 1.08. The van der Waals surface area contributed by atoms with Crippen molar-refractivity contribution < 1.29 is 36.6 Å². The third-order valence-electron chi connectivity index (χ3n) is 7.57. The molecule has 1 N–H and O–H groups in total. The van der Waals surface area contributed by atoms with E-state index in [2.05, 4.69) is 15.0 Å². The van der Waals surface area contributed by atoms with Crippen molar-refractivity contribution >= 4 is 39.4 Å². The van der Waals surface area contributed by atoms with Crippen LogP contribution in [0.4, 0.5) is 22.0 Å². The molecule has 1 amide bonds. The Morgan fingerprint density at radius 3 is 2.61 bits per heavy atom. The molecule has 5 aromatic rings. The highest BCUT2D eigenvalue weighted by molar-refractivity contribution is 6.33. The van der Waals surface area contributed by atoms with Crippen LogP contribution >= 0.6 is 11.6 Å². The molecule has 1 aliphatic heterocycles. The molecule has 4 heterocycles. The van der Waals surface area contributed by atoms with Gasteiger partial charge in [0.1, 0.15) is 41.4 Å². The van der Waals surface area contributed by atoms with Crippen LogP contribution in [0.5, 0.6) is 11.6 Å². The van der Waals surface area contributed by atoms with E-state index >= 15 is 8.78 Å². The number of ether oxygens (including phenoxy) is 1. The number of benzene rings is 2. The zero-order valence-corrected chi connectivity index (χ0v) is 23.7. The molecule has 0 aliphatic carbocycles. The molecule has 3 aromatic heterocycles. The number of alkyl halides is 4. The summed E-state index contributed by atoms with van der Waals surface area (Å²) in [5.74, 6) is -0.883. The molecule has 1 saturated heterocycles. The second-order valence-electron chi connectivity index (χ2n) is 10.3. The van der Waals surface area contributed by atoms with E-state index in [4.69, 9.17) is 16.3 Å². The fraction of sp³-hybridized carbons (Fsp3) is 0.267. The lowest BCUT2D eigenvalue weighted by atomic mass is 10.00. The fourth-order valence-corrected chi connectivity index (χ4v) is 5.84. The highest BCUT2D eigenvalue weighted by atomic mass is 35.5.